The molecule has 0 radical (unpaired) electrons. The van der Waals surface area contributed by atoms with Gasteiger partial charge in [0.1, 0.15) is 0 Å². The Morgan fingerprint density at radius 3 is 2.65 bits per heavy atom. The molecule has 1 N–H and O–H groups in total. The van der Waals surface area contributed by atoms with E-state index in [1.807, 2.05) is 26.8 Å². The lowest BCUT2D eigenvalue weighted by Crippen LogP contribution is -2.39. The van der Waals surface area contributed by atoms with Crippen LogP contribution in [0.1, 0.15) is 31.1 Å². The summed E-state index contributed by atoms with van der Waals surface area (Å²) in [5, 5.41) is 2.62. The van der Waals surface area contributed by atoms with Crippen molar-refractivity contribution < 1.29 is 14.3 Å². The van der Waals surface area contributed by atoms with Crippen molar-refractivity contribution in [2.75, 3.05) is 24.6 Å². The van der Waals surface area contributed by atoms with Gasteiger partial charge in [0.2, 0.25) is 5.91 Å². The first-order chi connectivity index (χ1) is 9.38. The first-order valence-electron chi connectivity index (χ1n) is 6.70. The Labute approximate surface area is 118 Å². The number of nitrogens with one attached hydrogen (secondary N) is 1. The highest BCUT2D eigenvalue weighted by atomic mass is 16.5. The SMILES string of the molecule is CC(C)(C)OCCN1C(=O)CNC(=O)c2ccccc21. The van der Waals surface area contributed by atoms with E-state index in [1.165, 1.54) is 0 Å². The quantitative estimate of drug-likeness (QED) is 0.912. The number of anilines is 1. The lowest BCUT2D eigenvalue weighted by atomic mass is 10.1. The van der Waals surface area contributed by atoms with Crippen molar-refractivity contribution >= 4 is 17.5 Å². The van der Waals surface area contributed by atoms with Gasteiger partial charge in [0.05, 0.1) is 30.0 Å². The minimum atomic E-state index is -0.248. The van der Waals surface area contributed by atoms with E-state index in [9.17, 15) is 9.59 Å². The van der Waals surface area contributed by atoms with Crippen LogP contribution in [0.2, 0.25) is 0 Å². The minimum Gasteiger partial charge on any atom is -0.374 e. The summed E-state index contributed by atoms with van der Waals surface area (Å²) in [6.45, 7) is 6.78. The molecule has 20 heavy (non-hydrogen) atoms. The van der Waals surface area contributed by atoms with Crippen molar-refractivity contribution in [3.8, 4) is 0 Å². The number of nitrogens with zero attached hydrogens (tertiary/aromatic N) is 1. The van der Waals surface area contributed by atoms with Crippen LogP contribution in [0, 0.1) is 0 Å². The topological polar surface area (TPSA) is 58.6 Å². The fourth-order valence-corrected chi connectivity index (χ4v) is 2.07. The second-order valence-corrected chi connectivity index (χ2v) is 5.71. The van der Waals surface area contributed by atoms with Gasteiger partial charge in [-0.05, 0) is 32.9 Å². The van der Waals surface area contributed by atoms with E-state index in [-0.39, 0.29) is 24.0 Å². The van der Waals surface area contributed by atoms with Gasteiger partial charge in [-0.15, -0.1) is 0 Å². The predicted octanol–water partition coefficient (Wildman–Crippen LogP) is 1.58. The van der Waals surface area contributed by atoms with Crippen LogP contribution in [0.15, 0.2) is 24.3 Å². The van der Waals surface area contributed by atoms with Gasteiger partial charge >= 0.3 is 0 Å². The number of hydrogen-bond acceptors (Lipinski definition) is 3. The number of fused-ring (bicyclic) bond motifs is 1. The number of para-hydroxylation sites is 1. The summed E-state index contributed by atoms with van der Waals surface area (Å²) in [6, 6.07) is 7.12. The average molecular weight is 276 g/mol. The molecule has 5 nitrogen and oxygen atoms in total. The maximum absolute atomic E-state index is 12.1. The second-order valence-electron chi connectivity index (χ2n) is 5.71. The molecule has 0 unspecified atom stereocenters. The molecule has 0 aliphatic carbocycles. The molecule has 0 saturated carbocycles. The Hall–Kier alpha value is -1.88. The normalized spacial score (nSPS) is 15.7. The van der Waals surface area contributed by atoms with E-state index in [0.29, 0.717) is 24.4 Å². The van der Waals surface area contributed by atoms with E-state index >= 15 is 0 Å². The van der Waals surface area contributed by atoms with Crippen LogP contribution in [-0.4, -0.2) is 37.1 Å². The molecule has 0 aromatic heterocycles. The molecular weight excluding hydrogens is 256 g/mol. The highest BCUT2D eigenvalue weighted by molar-refractivity contribution is 6.09. The zero-order valence-electron chi connectivity index (χ0n) is 12.1. The van der Waals surface area contributed by atoms with Crippen LogP contribution in [0.4, 0.5) is 5.69 Å². The van der Waals surface area contributed by atoms with E-state index in [2.05, 4.69) is 5.32 Å². The molecule has 0 fully saturated rings. The molecular formula is C15H20N2O3. The number of rotatable bonds is 3. The molecule has 0 saturated heterocycles. The van der Waals surface area contributed by atoms with Crippen LogP contribution >= 0.6 is 0 Å². The summed E-state index contributed by atoms with van der Waals surface area (Å²) in [4.78, 5) is 25.7. The minimum absolute atomic E-state index is 0.0169. The predicted molar refractivity (Wildman–Crippen MR) is 76.8 cm³/mol. The van der Waals surface area contributed by atoms with Crippen molar-refractivity contribution in [2.45, 2.75) is 26.4 Å². The maximum Gasteiger partial charge on any atom is 0.253 e. The molecule has 5 heteroatoms. The summed E-state index contributed by atoms with van der Waals surface area (Å²) >= 11 is 0. The lowest BCUT2D eigenvalue weighted by Gasteiger charge is -2.25. The van der Waals surface area contributed by atoms with Crippen molar-refractivity contribution in [3.05, 3.63) is 29.8 Å². The maximum atomic E-state index is 12.1. The van der Waals surface area contributed by atoms with Gasteiger partial charge in [0, 0.05) is 6.54 Å². The van der Waals surface area contributed by atoms with Crippen LogP contribution in [0.25, 0.3) is 0 Å². The number of hydrogen-bond donors (Lipinski definition) is 1. The Kier molecular flexibility index (Phi) is 4.09. The van der Waals surface area contributed by atoms with Crippen molar-refractivity contribution in [1.82, 2.24) is 5.32 Å². The molecule has 0 atom stereocenters. The summed E-state index contributed by atoms with van der Waals surface area (Å²) in [6.07, 6.45) is 0. The largest absolute Gasteiger partial charge is 0.374 e. The summed E-state index contributed by atoms with van der Waals surface area (Å²) in [5.74, 6) is -0.339. The third kappa shape index (κ3) is 3.36. The molecule has 2 amide bonds. The molecule has 2 rings (SSSR count). The summed E-state index contributed by atoms with van der Waals surface area (Å²) < 4.78 is 5.66. The van der Waals surface area contributed by atoms with Crippen LogP contribution < -0.4 is 10.2 Å². The molecule has 1 heterocycles. The number of carbonyl (C=O) groups excluding carboxylic acids is 2. The van der Waals surface area contributed by atoms with Gasteiger partial charge in [0.25, 0.3) is 5.91 Å². The zero-order valence-corrected chi connectivity index (χ0v) is 12.1. The monoisotopic (exact) mass is 276 g/mol. The van der Waals surface area contributed by atoms with E-state index in [0.717, 1.165) is 0 Å². The summed E-state index contributed by atoms with van der Waals surface area (Å²) in [7, 11) is 0. The first kappa shape index (κ1) is 14.5. The van der Waals surface area contributed by atoms with Gasteiger partial charge in [-0.25, -0.2) is 0 Å². The van der Waals surface area contributed by atoms with Crippen molar-refractivity contribution in [3.63, 3.8) is 0 Å². The molecule has 1 aliphatic rings. The number of benzene rings is 1. The fourth-order valence-electron chi connectivity index (χ4n) is 2.07. The zero-order chi connectivity index (χ0) is 14.8. The van der Waals surface area contributed by atoms with Gasteiger partial charge in [0.15, 0.2) is 0 Å². The van der Waals surface area contributed by atoms with Gasteiger partial charge < -0.3 is 15.0 Å². The molecule has 1 aromatic carbocycles. The number of carbonyl (C=O) groups is 2. The molecule has 0 bridgehead atoms. The Balaban J connectivity index is 2.19. The van der Waals surface area contributed by atoms with Crippen LogP contribution in [0.3, 0.4) is 0 Å². The van der Waals surface area contributed by atoms with Gasteiger partial charge in [-0.1, -0.05) is 12.1 Å². The third-order valence-corrected chi connectivity index (χ3v) is 2.99. The third-order valence-electron chi connectivity index (χ3n) is 2.99. The molecule has 1 aliphatic heterocycles. The van der Waals surface area contributed by atoms with Crippen molar-refractivity contribution in [1.29, 1.82) is 0 Å². The Bertz CT molecular complexity index is 520. The van der Waals surface area contributed by atoms with Crippen LogP contribution in [-0.2, 0) is 9.53 Å². The van der Waals surface area contributed by atoms with E-state index in [4.69, 9.17) is 4.74 Å². The smallest absolute Gasteiger partial charge is 0.253 e. The molecule has 1 aromatic rings. The van der Waals surface area contributed by atoms with E-state index in [1.54, 1.807) is 23.1 Å². The Morgan fingerprint density at radius 2 is 1.95 bits per heavy atom. The standard InChI is InChI=1S/C15H20N2O3/c1-15(2,3)20-9-8-17-12-7-5-4-6-11(12)14(19)16-10-13(17)18/h4-7H,8-10H2,1-3H3,(H,16,19). The molecule has 108 valence electrons. The van der Waals surface area contributed by atoms with Crippen molar-refractivity contribution in [2.24, 2.45) is 0 Å². The summed E-state index contributed by atoms with van der Waals surface area (Å²) in [5.41, 5.74) is 0.918. The Morgan fingerprint density at radius 1 is 1.25 bits per heavy atom. The van der Waals surface area contributed by atoms with Crippen LogP contribution in [0.5, 0.6) is 0 Å². The molecule has 0 spiro atoms. The highest BCUT2D eigenvalue weighted by Crippen LogP contribution is 2.22. The van der Waals surface area contributed by atoms with E-state index < -0.39 is 0 Å². The number of ether oxygens (including phenoxy) is 1. The van der Waals surface area contributed by atoms with Gasteiger partial charge in [-0.3, -0.25) is 9.59 Å². The second kappa shape index (κ2) is 5.63. The van der Waals surface area contributed by atoms with Gasteiger partial charge in [-0.2, -0.15) is 0 Å². The average Bonchev–Trinajstić information content (AvgIpc) is 2.50. The first-order valence-corrected chi connectivity index (χ1v) is 6.70. The highest BCUT2D eigenvalue weighted by Gasteiger charge is 2.26. The fraction of sp³-hybridized carbons (Fsp3) is 0.467. The lowest BCUT2D eigenvalue weighted by molar-refractivity contribution is -0.118. The number of amides is 2.